The lowest BCUT2D eigenvalue weighted by molar-refractivity contribution is 0.564. The van der Waals surface area contributed by atoms with Gasteiger partial charge in [0.1, 0.15) is 11.6 Å². The number of aryl methyl sites for hydroxylation is 2. The summed E-state index contributed by atoms with van der Waals surface area (Å²) in [5.74, 6) is -0.785. The number of hydrogen-bond donors (Lipinski definition) is 2. The van der Waals surface area contributed by atoms with Gasteiger partial charge in [-0.15, -0.1) is 0 Å². The minimum Gasteiger partial charge on any atom is -0.313 e. The second kappa shape index (κ2) is 6.43. The van der Waals surface area contributed by atoms with Crippen molar-refractivity contribution < 1.29 is 8.78 Å². The van der Waals surface area contributed by atoms with Crippen molar-refractivity contribution in [1.82, 2.24) is 15.5 Å². The van der Waals surface area contributed by atoms with Crippen LogP contribution in [0.25, 0.3) is 0 Å². The highest BCUT2D eigenvalue weighted by Crippen LogP contribution is 2.09. The van der Waals surface area contributed by atoms with Crippen molar-refractivity contribution >= 4 is 0 Å². The Morgan fingerprint density at radius 1 is 1.26 bits per heavy atom. The SMILES string of the molecule is Cc1[nH]ncc1CCCNCc1cc(F)ccc1F. The molecule has 1 aromatic carbocycles. The highest BCUT2D eigenvalue weighted by atomic mass is 19.1. The maximum atomic E-state index is 13.3. The molecule has 3 nitrogen and oxygen atoms in total. The summed E-state index contributed by atoms with van der Waals surface area (Å²) in [6.07, 6.45) is 3.67. The average Bonchev–Trinajstić information content (AvgIpc) is 2.79. The van der Waals surface area contributed by atoms with Crippen LogP contribution in [0.15, 0.2) is 24.4 Å². The Morgan fingerprint density at radius 3 is 2.84 bits per heavy atom. The molecule has 0 aliphatic carbocycles. The minimum absolute atomic E-state index is 0.341. The summed E-state index contributed by atoms with van der Waals surface area (Å²) in [5, 5.41) is 9.95. The first-order valence-corrected chi connectivity index (χ1v) is 6.30. The molecule has 0 fully saturated rings. The van der Waals surface area contributed by atoms with E-state index in [1.165, 1.54) is 11.6 Å². The molecule has 0 unspecified atom stereocenters. The molecule has 19 heavy (non-hydrogen) atoms. The van der Waals surface area contributed by atoms with Crippen molar-refractivity contribution in [3.8, 4) is 0 Å². The van der Waals surface area contributed by atoms with Gasteiger partial charge in [0, 0.05) is 17.8 Å². The van der Waals surface area contributed by atoms with Crippen molar-refractivity contribution in [2.45, 2.75) is 26.3 Å². The molecule has 0 aliphatic heterocycles. The average molecular weight is 265 g/mol. The van der Waals surface area contributed by atoms with E-state index >= 15 is 0 Å². The van der Waals surface area contributed by atoms with Gasteiger partial charge in [-0.2, -0.15) is 5.10 Å². The number of aromatic nitrogens is 2. The van der Waals surface area contributed by atoms with Gasteiger partial charge in [0.25, 0.3) is 0 Å². The molecular formula is C14H17F2N3. The van der Waals surface area contributed by atoms with Crippen LogP contribution in [-0.4, -0.2) is 16.7 Å². The van der Waals surface area contributed by atoms with Gasteiger partial charge in [-0.25, -0.2) is 8.78 Å². The zero-order chi connectivity index (χ0) is 13.7. The minimum atomic E-state index is -0.410. The summed E-state index contributed by atoms with van der Waals surface area (Å²) in [7, 11) is 0. The molecule has 5 heteroatoms. The van der Waals surface area contributed by atoms with Crippen LogP contribution in [0.4, 0.5) is 8.78 Å². The molecule has 0 saturated carbocycles. The van der Waals surface area contributed by atoms with Gasteiger partial charge < -0.3 is 5.32 Å². The van der Waals surface area contributed by atoms with Crippen LogP contribution in [0.3, 0.4) is 0 Å². The molecule has 102 valence electrons. The second-order valence-corrected chi connectivity index (χ2v) is 4.54. The molecule has 1 heterocycles. The third kappa shape index (κ3) is 3.86. The van der Waals surface area contributed by atoms with Crippen LogP contribution in [-0.2, 0) is 13.0 Å². The first kappa shape index (κ1) is 13.7. The first-order valence-electron chi connectivity index (χ1n) is 6.30. The van der Waals surface area contributed by atoms with E-state index in [0.29, 0.717) is 12.1 Å². The topological polar surface area (TPSA) is 40.7 Å². The summed E-state index contributed by atoms with van der Waals surface area (Å²) in [6.45, 7) is 3.08. The fourth-order valence-corrected chi connectivity index (χ4v) is 1.93. The predicted molar refractivity (Wildman–Crippen MR) is 69.7 cm³/mol. The van der Waals surface area contributed by atoms with Crippen molar-refractivity contribution in [2.75, 3.05) is 6.54 Å². The van der Waals surface area contributed by atoms with Gasteiger partial charge in [0.2, 0.25) is 0 Å². The molecule has 0 saturated heterocycles. The van der Waals surface area contributed by atoms with E-state index < -0.39 is 5.82 Å². The quantitative estimate of drug-likeness (QED) is 0.788. The highest BCUT2D eigenvalue weighted by Gasteiger charge is 2.03. The summed E-state index contributed by atoms with van der Waals surface area (Å²) in [5.41, 5.74) is 2.63. The van der Waals surface area contributed by atoms with E-state index in [2.05, 4.69) is 15.5 Å². The van der Waals surface area contributed by atoms with Gasteiger partial charge in [-0.05, 0) is 50.1 Å². The Balaban J connectivity index is 1.72. The lowest BCUT2D eigenvalue weighted by Crippen LogP contribution is -2.16. The van der Waals surface area contributed by atoms with Crippen LogP contribution >= 0.6 is 0 Å². The number of aromatic amines is 1. The van der Waals surface area contributed by atoms with Gasteiger partial charge >= 0.3 is 0 Å². The summed E-state index contributed by atoms with van der Waals surface area (Å²) in [6, 6.07) is 3.50. The van der Waals surface area contributed by atoms with Crippen LogP contribution < -0.4 is 5.32 Å². The third-order valence-electron chi connectivity index (χ3n) is 3.06. The monoisotopic (exact) mass is 265 g/mol. The van der Waals surface area contributed by atoms with E-state index in [9.17, 15) is 8.78 Å². The second-order valence-electron chi connectivity index (χ2n) is 4.54. The van der Waals surface area contributed by atoms with Crippen molar-refractivity contribution in [2.24, 2.45) is 0 Å². The standard InChI is InChI=1S/C14H17F2N3/c1-10-11(9-18-19-10)3-2-6-17-8-12-7-13(15)4-5-14(12)16/h4-5,7,9,17H,2-3,6,8H2,1H3,(H,18,19). The Morgan fingerprint density at radius 2 is 2.11 bits per heavy atom. The van der Waals surface area contributed by atoms with E-state index in [1.54, 1.807) is 0 Å². The largest absolute Gasteiger partial charge is 0.313 e. The Hall–Kier alpha value is -1.75. The highest BCUT2D eigenvalue weighted by molar-refractivity contribution is 5.18. The number of H-pyrrole nitrogens is 1. The van der Waals surface area contributed by atoms with Gasteiger partial charge in [0.15, 0.2) is 0 Å². The van der Waals surface area contributed by atoms with Crippen LogP contribution in [0.1, 0.15) is 23.2 Å². The molecule has 2 aromatic rings. The Labute approximate surface area is 111 Å². The van der Waals surface area contributed by atoms with E-state index in [1.807, 2.05) is 13.1 Å². The molecule has 0 bridgehead atoms. The smallest absolute Gasteiger partial charge is 0.127 e. The van der Waals surface area contributed by atoms with Crippen LogP contribution in [0.2, 0.25) is 0 Å². The number of nitrogens with zero attached hydrogens (tertiary/aromatic N) is 1. The third-order valence-corrected chi connectivity index (χ3v) is 3.06. The summed E-state index contributed by atoms with van der Waals surface area (Å²) in [4.78, 5) is 0. The molecule has 0 atom stereocenters. The molecule has 0 aliphatic rings. The number of hydrogen-bond acceptors (Lipinski definition) is 2. The molecule has 0 amide bonds. The molecular weight excluding hydrogens is 248 g/mol. The zero-order valence-corrected chi connectivity index (χ0v) is 10.8. The Bertz CT molecular complexity index is 537. The first-order chi connectivity index (χ1) is 9.16. The van der Waals surface area contributed by atoms with Crippen molar-refractivity contribution in [1.29, 1.82) is 0 Å². The maximum Gasteiger partial charge on any atom is 0.127 e. The number of halogens is 2. The summed E-state index contributed by atoms with van der Waals surface area (Å²) < 4.78 is 26.3. The molecule has 2 N–H and O–H groups in total. The number of benzene rings is 1. The molecule has 2 rings (SSSR count). The summed E-state index contributed by atoms with van der Waals surface area (Å²) >= 11 is 0. The van der Waals surface area contributed by atoms with Crippen LogP contribution in [0, 0.1) is 18.6 Å². The van der Waals surface area contributed by atoms with Crippen molar-refractivity contribution in [3.05, 3.63) is 52.9 Å². The lowest BCUT2D eigenvalue weighted by atomic mass is 10.1. The van der Waals surface area contributed by atoms with Gasteiger partial charge in [-0.1, -0.05) is 0 Å². The van der Waals surface area contributed by atoms with Gasteiger partial charge in [-0.3, -0.25) is 5.10 Å². The normalized spacial score (nSPS) is 10.9. The molecule has 0 spiro atoms. The van der Waals surface area contributed by atoms with E-state index in [4.69, 9.17) is 0 Å². The van der Waals surface area contributed by atoms with E-state index in [0.717, 1.165) is 37.2 Å². The fraction of sp³-hybridized carbons (Fsp3) is 0.357. The van der Waals surface area contributed by atoms with Crippen LogP contribution in [0.5, 0.6) is 0 Å². The fourth-order valence-electron chi connectivity index (χ4n) is 1.93. The molecule has 1 aromatic heterocycles. The van der Waals surface area contributed by atoms with E-state index in [-0.39, 0.29) is 5.82 Å². The molecule has 0 radical (unpaired) electrons. The maximum absolute atomic E-state index is 13.3. The van der Waals surface area contributed by atoms with Gasteiger partial charge in [0.05, 0.1) is 6.20 Å². The predicted octanol–water partition coefficient (Wildman–Crippen LogP) is 2.72. The Kier molecular flexibility index (Phi) is 4.63. The lowest BCUT2D eigenvalue weighted by Gasteiger charge is -2.06. The zero-order valence-electron chi connectivity index (χ0n) is 10.8. The number of nitrogens with one attached hydrogen (secondary N) is 2. The van der Waals surface area contributed by atoms with Crippen molar-refractivity contribution in [3.63, 3.8) is 0 Å². The number of rotatable bonds is 6.